The van der Waals surface area contributed by atoms with Crippen LogP contribution in [0.15, 0.2) is 36.4 Å². The summed E-state index contributed by atoms with van der Waals surface area (Å²) in [6, 6.07) is 10.5. The zero-order chi connectivity index (χ0) is 26.0. The van der Waals surface area contributed by atoms with Crippen molar-refractivity contribution in [3.63, 3.8) is 0 Å². The van der Waals surface area contributed by atoms with Crippen molar-refractivity contribution >= 4 is 39.0 Å². The molecule has 1 aromatic heterocycles. The van der Waals surface area contributed by atoms with Crippen LogP contribution in [0.2, 0.25) is 0 Å². The maximum atomic E-state index is 15.3. The lowest BCUT2D eigenvalue weighted by Gasteiger charge is -2.30. The van der Waals surface area contributed by atoms with Gasteiger partial charge in [-0.15, -0.1) is 0 Å². The van der Waals surface area contributed by atoms with Crippen molar-refractivity contribution in [1.82, 2.24) is 14.8 Å². The average Bonchev–Trinajstić information content (AvgIpc) is 3.44. The van der Waals surface area contributed by atoms with E-state index in [4.69, 9.17) is 4.74 Å². The highest BCUT2D eigenvalue weighted by atomic mass is 19.1. The molecular weight excluding hydrogens is 483 g/mol. The zero-order valence-electron chi connectivity index (χ0n) is 21.3. The second-order valence-corrected chi connectivity index (χ2v) is 10.4. The van der Waals surface area contributed by atoms with Crippen molar-refractivity contribution in [3.05, 3.63) is 64.6 Å². The predicted molar refractivity (Wildman–Crippen MR) is 145 cm³/mol. The second kappa shape index (κ2) is 8.92. The van der Waals surface area contributed by atoms with Crippen molar-refractivity contribution in [1.29, 1.82) is 0 Å². The summed E-state index contributed by atoms with van der Waals surface area (Å²) in [5, 5.41) is 5.56. The van der Waals surface area contributed by atoms with Crippen molar-refractivity contribution in [2.45, 2.75) is 19.8 Å². The number of hydrogen-bond acceptors (Lipinski definition) is 4. The third-order valence-electron chi connectivity index (χ3n) is 8.31. The largest absolute Gasteiger partial charge is 0.379 e. The van der Waals surface area contributed by atoms with Gasteiger partial charge in [-0.25, -0.2) is 4.39 Å². The lowest BCUT2D eigenvalue weighted by molar-refractivity contribution is 0.0356. The molecule has 8 heteroatoms. The summed E-state index contributed by atoms with van der Waals surface area (Å²) in [5.41, 5.74) is 4.97. The molecule has 0 saturated carbocycles. The average molecular weight is 513 g/mol. The number of carbonyl (C=O) groups excluding carboxylic acids is 2. The molecule has 2 amide bonds. The van der Waals surface area contributed by atoms with E-state index in [9.17, 15) is 9.59 Å². The Balaban J connectivity index is 1.30. The third-order valence-corrected chi connectivity index (χ3v) is 8.31. The maximum Gasteiger partial charge on any atom is 0.257 e. The number of aromatic amines is 1. The number of rotatable bonds is 5. The van der Waals surface area contributed by atoms with E-state index in [1.54, 1.807) is 6.07 Å². The number of ether oxygens (including phenoxy) is 1. The number of hydrogen-bond donors (Lipinski definition) is 2. The summed E-state index contributed by atoms with van der Waals surface area (Å²) in [6.45, 7) is 7.66. The molecule has 2 N–H and O–H groups in total. The number of carbonyl (C=O) groups is 2. The molecule has 3 aliphatic rings. The zero-order valence-corrected chi connectivity index (χ0v) is 21.3. The molecule has 1 saturated heterocycles. The number of nitrogens with one attached hydrogen (secondary N) is 2. The van der Waals surface area contributed by atoms with Crippen LogP contribution in [-0.4, -0.2) is 72.5 Å². The highest BCUT2D eigenvalue weighted by molar-refractivity contribution is 6.33. The molecular formula is C30H29FN4O3. The minimum atomic E-state index is -0.330. The van der Waals surface area contributed by atoms with E-state index in [2.05, 4.69) is 15.2 Å². The van der Waals surface area contributed by atoms with Crippen molar-refractivity contribution in [3.8, 4) is 11.3 Å². The van der Waals surface area contributed by atoms with Gasteiger partial charge < -0.3 is 19.9 Å². The molecule has 4 heterocycles. The lowest BCUT2D eigenvalue weighted by atomic mass is 9.89. The van der Waals surface area contributed by atoms with E-state index in [0.717, 1.165) is 61.6 Å². The first-order valence-corrected chi connectivity index (χ1v) is 13.3. The summed E-state index contributed by atoms with van der Waals surface area (Å²) in [4.78, 5) is 34.8. The molecule has 3 aromatic carbocycles. The first-order valence-electron chi connectivity index (χ1n) is 13.3. The topological polar surface area (TPSA) is 77.7 Å². The van der Waals surface area contributed by atoms with Gasteiger partial charge in [-0.2, -0.15) is 0 Å². The number of H-pyrrole nitrogens is 1. The highest BCUT2D eigenvalue weighted by Crippen LogP contribution is 2.46. The van der Waals surface area contributed by atoms with E-state index in [1.807, 2.05) is 36.1 Å². The summed E-state index contributed by atoms with van der Waals surface area (Å²) >= 11 is 0. The Morgan fingerprint density at radius 1 is 0.921 bits per heavy atom. The van der Waals surface area contributed by atoms with Gasteiger partial charge in [0.05, 0.1) is 30.0 Å². The SMILES string of the molecule is Cc1c(-c2c3c4c(cccc4c4c(F)cccc24)NC3=O)[nH]c2c1C(=O)N(CCCN1CCOCC1)CC2. The van der Waals surface area contributed by atoms with E-state index in [0.29, 0.717) is 58.0 Å². The monoisotopic (exact) mass is 512 g/mol. The Morgan fingerprint density at radius 3 is 2.55 bits per heavy atom. The van der Waals surface area contributed by atoms with Crippen molar-refractivity contribution in [2.24, 2.45) is 0 Å². The lowest BCUT2D eigenvalue weighted by Crippen LogP contribution is -2.41. The van der Waals surface area contributed by atoms with Crippen LogP contribution < -0.4 is 5.32 Å². The van der Waals surface area contributed by atoms with Crippen LogP contribution in [0.25, 0.3) is 32.8 Å². The van der Waals surface area contributed by atoms with Crippen LogP contribution in [0.3, 0.4) is 0 Å². The normalized spacial score (nSPS) is 17.5. The second-order valence-electron chi connectivity index (χ2n) is 10.4. The Morgan fingerprint density at radius 2 is 1.71 bits per heavy atom. The number of amides is 2. The molecule has 3 aliphatic heterocycles. The Bertz CT molecular complexity index is 1640. The van der Waals surface area contributed by atoms with Gasteiger partial charge in [-0.1, -0.05) is 24.3 Å². The molecule has 7 rings (SSSR count). The molecule has 4 aromatic rings. The van der Waals surface area contributed by atoms with E-state index in [1.165, 1.54) is 6.07 Å². The van der Waals surface area contributed by atoms with Crippen LogP contribution in [0.1, 0.15) is 38.4 Å². The molecule has 0 unspecified atom stereocenters. The first kappa shape index (κ1) is 23.4. The number of halogens is 1. The molecule has 7 nitrogen and oxygen atoms in total. The minimum Gasteiger partial charge on any atom is -0.379 e. The van der Waals surface area contributed by atoms with Crippen LogP contribution in [0, 0.1) is 12.7 Å². The third kappa shape index (κ3) is 3.47. The fraction of sp³-hybridized carbons (Fsp3) is 0.333. The van der Waals surface area contributed by atoms with Gasteiger partial charge in [0.25, 0.3) is 11.8 Å². The Hall–Kier alpha value is -3.75. The fourth-order valence-electron chi connectivity index (χ4n) is 6.49. The van der Waals surface area contributed by atoms with E-state index in [-0.39, 0.29) is 17.6 Å². The van der Waals surface area contributed by atoms with Crippen molar-refractivity contribution in [2.75, 3.05) is 51.3 Å². The first-order chi connectivity index (χ1) is 18.5. The maximum absolute atomic E-state index is 15.3. The summed E-state index contributed by atoms with van der Waals surface area (Å²) in [7, 11) is 0. The predicted octanol–water partition coefficient (Wildman–Crippen LogP) is 4.72. The summed E-state index contributed by atoms with van der Waals surface area (Å²) < 4.78 is 20.7. The molecule has 194 valence electrons. The standard InChI is InChI=1S/C30H29FN4O3/c1-17-23-22(9-12-35(30(23)37)11-4-10-34-13-15-38-16-14-34)32-28(17)26-19-5-2-7-20(31)24(19)18-6-3-8-21-25(18)27(26)29(36)33-21/h2-3,5-8,32H,4,9-16H2,1H3,(H,33,36). The molecule has 0 bridgehead atoms. The van der Waals surface area contributed by atoms with Gasteiger partial charge in [-0.3, -0.25) is 14.5 Å². The van der Waals surface area contributed by atoms with Crippen LogP contribution in [-0.2, 0) is 11.2 Å². The van der Waals surface area contributed by atoms with Gasteiger partial charge in [-0.05, 0) is 41.8 Å². The summed E-state index contributed by atoms with van der Waals surface area (Å²) in [5.74, 6) is -0.519. The number of benzene rings is 3. The molecule has 0 aliphatic carbocycles. The van der Waals surface area contributed by atoms with Gasteiger partial charge >= 0.3 is 0 Å². The minimum absolute atomic E-state index is 0.0195. The van der Waals surface area contributed by atoms with Crippen LogP contribution in [0.5, 0.6) is 0 Å². The molecule has 0 atom stereocenters. The van der Waals surface area contributed by atoms with Crippen LogP contribution in [0.4, 0.5) is 10.1 Å². The van der Waals surface area contributed by atoms with E-state index >= 15 is 4.39 Å². The van der Waals surface area contributed by atoms with Crippen LogP contribution >= 0.6 is 0 Å². The molecule has 0 radical (unpaired) electrons. The fourth-order valence-corrected chi connectivity index (χ4v) is 6.49. The number of morpholine rings is 1. The van der Waals surface area contributed by atoms with E-state index < -0.39 is 0 Å². The molecule has 1 fully saturated rings. The Kier molecular flexibility index (Phi) is 5.49. The molecule has 0 spiro atoms. The smallest absolute Gasteiger partial charge is 0.257 e. The number of nitrogens with zero attached hydrogens (tertiary/aromatic N) is 2. The van der Waals surface area contributed by atoms with Crippen molar-refractivity contribution < 1.29 is 18.7 Å². The molecule has 38 heavy (non-hydrogen) atoms. The Labute approximate surface area is 219 Å². The number of fused-ring (bicyclic) bond motifs is 3. The highest BCUT2D eigenvalue weighted by Gasteiger charge is 2.34. The van der Waals surface area contributed by atoms with Gasteiger partial charge in [0.2, 0.25) is 0 Å². The summed E-state index contributed by atoms with van der Waals surface area (Å²) in [6.07, 6.45) is 1.63. The number of aromatic nitrogens is 1. The van der Waals surface area contributed by atoms with Gasteiger partial charge in [0, 0.05) is 66.9 Å². The number of anilines is 1. The van der Waals surface area contributed by atoms with Gasteiger partial charge in [0.15, 0.2) is 0 Å². The quantitative estimate of drug-likeness (QED) is 0.380. The van der Waals surface area contributed by atoms with Gasteiger partial charge in [0.1, 0.15) is 5.82 Å².